The summed E-state index contributed by atoms with van der Waals surface area (Å²) in [6.45, 7) is 5.09. The molecule has 138 valence electrons. The van der Waals surface area contributed by atoms with Crippen molar-refractivity contribution in [3.05, 3.63) is 40.9 Å². The average Bonchev–Trinajstić information content (AvgIpc) is 2.86. The van der Waals surface area contributed by atoms with E-state index in [1.54, 1.807) is 31.2 Å². The first-order valence-corrected chi connectivity index (χ1v) is 9.18. The van der Waals surface area contributed by atoms with Crippen LogP contribution in [0.3, 0.4) is 0 Å². The van der Waals surface area contributed by atoms with Gasteiger partial charge in [0, 0.05) is 35.1 Å². The van der Waals surface area contributed by atoms with E-state index in [9.17, 15) is 9.18 Å². The van der Waals surface area contributed by atoms with E-state index < -0.39 is 0 Å². The summed E-state index contributed by atoms with van der Waals surface area (Å²) in [4.78, 5) is 14.4. The molecule has 1 aliphatic heterocycles. The van der Waals surface area contributed by atoms with Gasteiger partial charge in [0.2, 0.25) is 17.5 Å². The number of aryl methyl sites for hydroxylation is 1. The summed E-state index contributed by atoms with van der Waals surface area (Å²) in [5.74, 6) is 0.489. The van der Waals surface area contributed by atoms with Gasteiger partial charge >= 0.3 is 0 Å². The lowest BCUT2D eigenvalue weighted by molar-refractivity contribution is -0.124. The van der Waals surface area contributed by atoms with Crippen LogP contribution in [0.4, 0.5) is 15.9 Å². The molecule has 2 fully saturated rings. The highest BCUT2D eigenvalue weighted by Crippen LogP contribution is 2.55. The number of benzene rings is 1. The number of hydrogen-bond acceptors (Lipinski definition) is 4. The number of halogens is 2. The third-order valence-corrected chi connectivity index (χ3v) is 6.00. The number of aromatic nitrogens is 1. The van der Waals surface area contributed by atoms with Crippen molar-refractivity contribution < 1.29 is 13.7 Å². The smallest absolute Gasteiger partial charge is 0.227 e. The highest BCUT2D eigenvalue weighted by atomic mass is 35.5. The maximum Gasteiger partial charge on any atom is 0.227 e. The van der Waals surface area contributed by atoms with Crippen LogP contribution in [0, 0.1) is 30.0 Å². The Hall–Kier alpha value is -2.08. The molecule has 0 radical (unpaired) electrons. The SMILES string of the molecule is Cc1onc(N2CC3(CC([C@H](C)C(=O)Nc4ccc(Cl)cc4)C3)C2)c1F. The van der Waals surface area contributed by atoms with Gasteiger partial charge in [-0.1, -0.05) is 23.7 Å². The molecule has 1 aromatic heterocycles. The maximum absolute atomic E-state index is 13.9. The fourth-order valence-corrected chi connectivity index (χ4v) is 4.25. The number of hydrogen-bond donors (Lipinski definition) is 1. The topological polar surface area (TPSA) is 58.4 Å². The molecule has 1 saturated heterocycles. The molecular weight excluding hydrogens is 357 g/mol. The molecule has 5 nitrogen and oxygen atoms in total. The zero-order valence-corrected chi connectivity index (χ0v) is 15.5. The number of amides is 1. The molecule has 1 aromatic carbocycles. The summed E-state index contributed by atoms with van der Waals surface area (Å²) in [5, 5.41) is 7.39. The molecule has 0 unspecified atom stereocenters. The van der Waals surface area contributed by atoms with Crippen LogP contribution in [0.5, 0.6) is 0 Å². The molecule has 1 saturated carbocycles. The Morgan fingerprint density at radius 3 is 2.62 bits per heavy atom. The first-order chi connectivity index (χ1) is 12.4. The highest BCUT2D eigenvalue weighted by Gasteiger charge is 2.55. The molecule has 2 heterocycles. The third-order valence-electron chi connectivity index (χ3n) is 5.75. The van der Waals surface area contributed by atoms with E-state index in [4.69, 9.17) is 16.1 Å². The van der Waals surface area contributed by atoms with Crippen LogP contribution in [0.15, 0.2) is 28.8 Å². The second-order valence-corrected chi connectivity index (χ2v) is 8.12. The van der Waals surface area contributed by atoms with Gasteiger partial charge in [0.25, 0.3) is 0 Å². The fourth-order valence-electron chi connectivity index (χ4n) is 4.13. The largest absolute Gasteiger partial charge is 0.356 e. The number of nitrogens with one attached hydrogen (secondary N) is 1. The molecule has 2 aromatic rings. The van der Waals surface area contributed by atoms with Gasteiger partial charge in [-0.15, -0.1) is 0 Å². The van der Waals surface area contributed by atoms with Crippen molar-refractivity contribution in [1.29, 1.82) is 0 Å². The number of rotatable bonds is 4. The molecule has 2 aliphatic rings. The van der Waals surface area contributed by atoms with E-state index in [-0.39, 0.29) is 28.8 Å². The average molecular weight is 378 g/mol. The van der Waals surface area contributed by atoms with Gasteiger partial charge in [-0.3, -0.25) is 4.79 Å². The minimum absolute atomic E-state index is 0.0292. The van der Waals surface area contributed by atoms with Crippen LogP contribution in [0.25, 0.3) is 0 Å². The van der Waals surface area contributed by atoms with Gasteiger partial charge in [-0.25, -0.2) is 0 Å². The molecule has 26 heavy (non-hydrogen) atoms. The third kappa shape index (κ3) is 2.96. The standard InChI is InChI=1S/C19H21ClFN3O2/c1-11(18(25)22-15-5-3-14(20)4-6-15)13-7-19(8-13)9-24(10-19)17-16(21)12(2)26-23-17/h3-6,11,13H,7-10H2,1-2H3,(H,22,25)/t11-/m0/s1. The monoisotopic (exact) mass is 377 g/mol. The van der Waals surface area contributed by atoms with Gasteiger partial charge in [-0.2, -0.15) is 4.39 Å². The summed E-state index contributed by atoms with van der Waals surface area (Å²) in [5.41, 5.74) is 0.950. The Labute approximate surface area is 156 Å². The second kappa shape index (κ2) is 6.27. The van der Waals surface area contributed by atoms with Gasteiger partial charge in [0.15, 0.2) is 5.76 Å². The number of anilines is 2. The van der Waals surface area contributed by atoms with Gasteiger partial charge < -0.3 is 14.7 Å². The number of carbonyl (C=O) groups excluding carboxylic acids is 1. The van der Waals surface area contributed by atoms with Gasteiger partial charge in [-0.05, 0) is 49.9 Å². The van der Waals surface area contributed by atoms with E-state index in [0.717, 1.165) is 31.6 Å². The molecule has 1 aliphatic carbocycles. The van der Waals surface area contributed by atoms with Crippen molar-refractivity contribution in [2.45, 2.75) is 26.7 Å². The lowest BCUT2D eigenvalue weighted by atomic mass is 9.55. The van der Waals surface area contributed by atoms with Crippen molar-refractivity contribution in [3.8, 4) is 0 Å². The lowest BCUT2D eigenvalue weighted by Crippen LogP contribution is -2.64. The molecule has 0 bridgehead atoms. The molecule has 4 rings (SSSR count). The second-order valence-electron chi connectivity index (χ2n) is 7.69. The van der Waals surface area contributed by atoms with E-state index in [2.05, 4.69) is 10.5 Å². The normalized spacial score (nSPS) is 19.8. The Balaban J connectivity index is 1.29. The maximum atomic E-state index is 13.9. The Bertz CT molecular complexity index is 822. The number of nitrogens with zero attached hydrogens (tertiary/aromatic N) is 2. The summed E-state index contributed by atoms with van der Waals surface area (Å²) in [6, 6.07) is 7.11. The van der Waals surface area contributed by atoms with Crippen LogP contribution in [-0.2, 0) is 4.79 Å². The van der Waals surface area contributed by atoms with Crippen molar-refractivity contribution >= 4 is 29.0 Å². The minimum atomic E-state index is -0.369. The summed E-state index contributed by atoms with van der Waals surface area (Å²) < 4.78 is 18.8. The van der Waals surface area contributed by atoms with Crippen molar-refractivity contribution in [1.82, 2.24) is 5.16 Å². The Morgan fingerprint density at radius 2 is 2.04 bits per heavy atom. The van der Waals surface area contributed by atoms with Crippen molar-refractivity contribution in [2.24, 2.45) is 17.3 Å². The molecule has 1 amide bonds. The van der Waals surface area contributed by atoms with Crippen LogP contribution in [0.2, 0.25) is 5.02 Å². The van der Waals surface area contributed by atoms with Gasteiger partial charge in [0.1, 0.15) is 0 Å². The summed E-state index contributed by atoms with van der Waals surface area (Å²) in [6.07, 6.45) is 1.97. The Morgan fingerprint density at radius 1 is 1.38 bits per heavy atom. The highest BCUT2D eigenvalue weighted by molar-refractivity contribution is 6.30. The molecular formula is C19H21ClFN3O2. The minimum Gasteiger partial charge on any atom is -0.356 e. The van der Waals surface area contributed by atoms with Gasteiger partial charge in [0.05, 0.1) is 0 Å². The zero-order chi connectivity index (χ0) is 18.5. The van der Waals surface area contributed by atoms with Crippen molar-refractivity contribution in [3.63, 3.8) is 0 Å². The van der Waals surface area contributed by atoms with Crippen LogP contribution in [0.1, 0.15) is 25.5 Å². The van der Waals surface area contributed by atoms with Crippen LogP contribution >= 0.6 is 11.6 Å². The predicted octanol–water partition coefficient (Wildman–Crippen LogP) is 4.27. The number of carbonyl (C=O) groups is 1. The first-order valence-electron chi connectivity index (χ1n) is 8.80. The fraction of sp³-hybridized carbons (Fsp3) is 0.474. The quantitative estimate of drug-likeness (QED) is 0.864. The Kier molecular flexibility index (Phi) is 4.18. The van der Waals surface area contributed by atoms with E-state index in [1.807, 2.05) is 11.8 Å². The zero-order valence-electron chi connectivity index (χ0n) is 14.8. The lowest BCUT2D eigenvalue weighted by Gasteiger charge is -2.60. The van der Waals surface area contributed by atoms with E-state index >= 15 is 0 Å². The summed E-state index contributed by atoms with van der Waals surface area (Å²) in [7, 11) is 0. The molecule has 1 N–H and O–H groups in total. The first kappa shape index (κ1) is 17.3. The van der Waals surface area contributed by atoms with Crippen LogP contribution in [-0.4, -0.2) is 24.2 Å². The molecule has 7 heteroatoms. The van der Waals surface area contributed by atoms with Crippen LogP contribution < -0.4 is 10.2 Å². The predicted molar refractivity (Wildman–Crippen MR) is 97.8 cm³/mol. The molecule has 1 spiro atoms. The van der Waals surface area contributed by atoms with Crippen molar-refractivity contribution in [2.75, 3.05) is 23.3 Å². The molecule has 1 atom stereocenters. The van der Waals surface area contributed by atoms with E-state index in [1.165, 1.54) is 0 Å². The van der Waals surface area contributed by atoms with E-state index in [0.29, 0.717) is 16.8 Å². The summed E-state index contributed by atoms with van der Waals surface area (Å²) >= 11 is 5.86.